The van der Waals surface area contributed by atoms with Gasteiger partial charge in [-0.05, 0) is 55.5 Å². The number of benzene rings is 2. The van der Waals surface area contributed by atoms with Gasteiger partial charge in [-0.15, -0.1) is 0 Å². The van der Waals surface area contributed by atoms with Crippen molar-refractivity contribution in [3.63, 3.8) is 0 Å². The van der Waals surface area contributed by atoms with Crippen molar-refractivity contribution >= 4 is 40.8 Å². The molecule has 11 nitrogen and oxygen atoms in total. The molecule has 44 heavy (non-hydrogen) atoms. The minimum absolute atomic E-state index is 0.115. The molecule has 3 aliphatic carbocycles. The zero-order valence-corrected chi connectivity index (χ0v) is 24.1. The van der Waals surface area contributed by atoms with Crippen LogP contribution in [-0.4, -0.2) is 47.6 Å². The molecule has 4 unspecified atom stereocenters. The smallest absolute Gasteiger partial charge is 0.271 e. The first-order valence-corrected chi connectivity index (χ1v) is 14.0. The van der Waals surface area contributed by atoms with Gasteiger partial charge in [-0.25, -0.2) is 4.90 Å². The minimum Gasteiger partial charge on any atom is -0.502 e. The molecule has 2 amide bonds. The summed E-state index contributed by atoms with van der Waals surface area (Å²) in [5, 5.41) is 21.7. The summed E-state index contributed by atoms with van der Waals surface area (Å²) in [5.74, 6) is -4.03. The molecule has 1 saturated heterocycles. The van der Waals surface area contributed by atoms with Gasteiger partial charge in [0.05, 0.1) is 36.7 Å². The van der Waals surface area contributed by atoms with Crippen LogP contribution in [0.25, 0.3) is 6.08 Å². The number of imide groups is 1. The van der Waals surface area contributed by atoms with Crippen molar-refractivity contribution in [1.82, 2.24) is 0 Å². The number of nitro groups is 1. The molecule has 2 aromatic rings. The van der Waals surface area contributed by atoms with E-state index in [0.29, 0.717) is 22.3 Å². The molecule has 1 aliphatic heterocycles. The van der Waals surface area contributed by atoms with E-state index in [2.05, 4.69) is 0 Å². The number of nitrogens with zero attached hydrogens (tertiary/aromatic N) is 2. The van der Waals surface area contributed by atoms with Crippen LogP contribution in [0.4, 0.5) is 11.4 Å². The summed E-state index contributed by atoms with van der Waals surface area (Å²) in [6, 6.07) is 8.60. The molecule has 4 aliphatic rings. The number of amides is 2. The van der Waals surface area contributed by atoms with Crippen molar-refractivity contribution < 1.29 is 38.7 Å². The third kappa shape index (κ3) is 4.43. The maximum atomic E-state index is 14.0. The fraction of sp³-hybridized carbons (Fsp3) is 0.273. The number of allylic oxidation sites excluding steroid dienone is 7. The first-order valence-electron chi connectivity index (χ1n) is 14.0. The third-order valence-electron chi connectivity index (χ3n) is 8.89. The Morgan fingerprint density at radius 1 is 1.02 bits per heavy atom. The second kappa shape index (κ2) is 10.7. The van der Waals surface area contributed by atoms with Gasteiger partial charge in [0, 0.05) is 34.8 Å². The molecular weight excluding hydrogens is 568 g/mol. The van der Waals surface area contributed by atoms with Gasteiger partial charge in [0.15, 0.2) is 23.1 Å². The number of ketones is 2. The Kier molecular flexibility index (Phi) is 7.03. The quantitative estimate of drug-likeness (QED) is 0.167. The Labute approximate surface area is 251 Å². The molecule has 4 atom stereocenters. The third-order valence-corrected chi connectivity index (χ3v) is 8.89. The van der Waals surface area contributed by atoms with Crippen LogP contribution in [0.15, 0.2) is 76.9 Å². The van der Waals surface area contributed by atoms with Crippen LogP contribution in [0.5, 0.6) is 17.2 Å². The lowest BCUT2D eigenvalue weighted by atomic mass is 9.60. The van der Waals surface area contributed by atoms with Crippen molar-refractivity contribution in [3.8, 4) is 17.2 Å². The predicted molar refractivity (Wildman–Crippen MR) is 158 cm³/mol. The number of anilines is 1. The second-order valence-electron chi connectivity index (χ2n) is 11.2. The Balaban J connectivity index is 1.43. The number of rotatable bonds is 6. The monoisotopic (exact) mass is 596 g/mol. The lowest BCUT2D eigenvalue weighted by molar-refractivity contribution is -0.384. The molecule has 2 aromatic carbocycles. The molecule has 11 heteroatoms. The van der Waals surface area contributed by atoms with Crippen LogP contribution in [0.2, 0.25) is 0 Å². The van der Waals surface area contributed by atoms with Crippen LogP contribution in [0.3, 0.4) is 0 Å². The predicted octanol–water partition coefficient (Wildman–Crippen LogP) is 4.50. The topological polar surface area (TPSA) is 153 Å². The summed E-state index contributed by atoms with van der Waals surface area (Å²) in [5.41, 5.74) is 2.21. The molecule has 0 bridgehead atoms. The van der Waals surface area contributed by atoms with Gasteiger partial charge >= 0.3 is 0 Å². The number of aromatic hydroxyl groups is 1. The van der Waals surface area contributed by atoms with Crippen LogP contribution in [0, 0.1) is 33.8 Å². The number of Topliss-reactive ketones (excluding diaryl/α,β-unsaturated/α-hetero) is 1. The van der Waals surface area contributed by atoms with E-state index in [4.69, 9.17) is 9.47 Å². The zero-order valence-electron chi connectivity index (χ0n) is 24.1. The molecule has 1 N–H and O–H groups in total. The maximum Gasteiger partial charge on any atom is 0.271 e. The molecular formula is C33H28N2O9. The fourth-order valence-electron chi connectivity index (χ4n) is 6.86. The van der Waals surface area contributed by atoms with E-state index in [1.807, 2.05) is 6.08 Å². The second-order valence-corrected chi connectivity index (χ2v) is 11.2. The van der Waals surface area contributed by atoms with Crippen LogP contribution < -0.4 is 14.4 Å². The summed E-state index contributed by atoms with van der Waals surface area (Å²) in [7, 11) is 2.82. The van der Waals surface area contributed by atoms with Crippen LogP contribution in [0.1, 0.15) is 25.3 Å². The summed E-state index contributed by atoms with van der Waals surface area (Å²) >= 11 is 0. The lowest BCUT2D eigenvalue weighted by Crippen LogP contribution is -2.40. The molecule has 224 valence electrons. The van der Waals surface area contributed by atoms with Gasteiger partial charge in [-0.1, -0.05) is 29.9 Å². The molecule has 0 aromatic heterocycles. The SMILES string of the molecule is COc1cc(C=CC2C3=CCC4C(=O)N(c5cccc([N+](=O)[O-])c5)C(=O)C4C3CC3=C2C(=O)C(C)=CC3=O)cc(OC)c1O. The molecule has 1 fully saturated rings. The average Bonchev–Trinajstić information content (AvgIpc) is 3.27. The van der Waals surface area contributed by atoms with Crippen molar-refractivity contribution in [2.75, 3.05) is 19.1 Å². The molecule has 0 saturated carbocycles. The average molecular weight is 597 g/mol. The van der Waals surface area contributed by atoms with Gasteiger partial charge in [0.2, 0.25) is 17.6 Å². The molecule has 0 radical (unpaired) electrons. The van der Waals surface area contributed by atoms with Crippen molar-refractivity contribution in [3.05, 3.63) is 92.6 Å². The number of carbonyl (C=O) groups is 4. The largest absolute Gasteiger partial charge is 0.502 e. The number of hydrogen-bond donors (Lipinski definition) is 1. The van der Waals surface area contributed by atoms with Gasteiger partial charge in [-0.2, -0.15) is 0 Å². The summed E-state index contributed by atoms with van der Waals surface area (Å²) in [4.78, 5) is 66.2. The Morgan fingerprint density at radius 3 is 2.39 bits per heavy atom. The van der Waals surface area contributed by atoms with Gasteiger partial charge < -0.3 is 14.6 Å². The number of hydrogen-bond acceptors (Lipinski definition) is 9. The highest BCUT2D eigenvalue weighted by Crippen LogP contribution is 2.53. The van der Waals surface area contributed by atoms with Gasteiger partial charge in [0.1, 0.15) is 0 Å². The maximum absolute atomic E-state index is 14.0. The van der Waals surface area contributed by atoms with Crippen molar-refractivity contribution in [2.24, 2.45) is 23.7 Å². The number of phenolic OH excluding ortho intramolecular Hbond substituents is 1. The number of carbonyl (C=O) groups excluding carboxylic acids is 4. The Hall–Kier alpha value is -5.32. The van der Waals surface area contributed by atoms with Crippen LogP contribution in [-0.2, 0) is 19.2 Å². The highest BCUT2D eigenvalue weighted by molar-refractivity contribution is 6.24. The van der Waals surface area contributed by atoms with E-state index in [9.17, 15) is 34.4 Å². The standard InChI is InChI=1S/C33H28N2O9/c1-16-11-25(36)24-15-23-20(21(28(24)30(16)37)8-7-17-12-26(43-2)31(38)27(13-17)44-3)9-10-22-29(23)33(40)34(32(22)39)18-5-4-6-19(14-18)35(41)42/h4-9,11-14,21-23,29,38H,10,15H2,1-3H3. The van der Waals surface area contributed by atoms with Crippen LogP contribution >= 0.6 is 0 Å². The van der Waals surface area contributed by atoms with E-state index in [-0.39, 0.29) is 53.0 Å². The highest BCUT2D eigenvalue weighted by Gasteiger charge is 2.56. The first-order chi connectivity index (χ1) is 21.0. The Bertz CT molecular complexity index is 1770. The van der Waals surface area contributed by atoms with Gasteiger partial charge in [0.25, 0.3) is 5.69 Å². The highest BCUT2D eigenvalue weighted by atomic mass is 16.6. The number of non-ortho nitro benzene ring substituents is 1. The van der Waals surface area contributed by atoms with Crippen molar-refractivity contribution in [2.45, 2.75) is 19.8 Å². The van der Waals surface area contributed by atoms with Crippen molar-refractivity contribution in [1.29, 1.82) is 0 Å². The number of ether oxygens (including phenoxy) is 2. The van der Waals surface area contributed by atoms with E-state index in [0.717, 1.165) is 10.5 Å². The lowest BCUT2D eigenvalue weighted by Gasteiger charge is -2.41. The first kappa shape index (κ1) is 28.8. The molecule has 0 spiro atoms. The summed E-state index contributed by atoms with van der Waals surface area (Å²) in [6.07, 6.45) is 7.06. The van der Waals surface area contributed by atoms with Gasteiger partial charge in [-0.3, -0.25) is 29.3 Å². The summed E-state index contributed by atoms with van der Waals surface area (Å²) in [6.45, 7) is 1.59. The number of nitro benzene ring substituents is 1. The fourth-order valence-corrected chi connectivity index (χ4v) is 6.86. The normalized spacial score (nSPS) is 24.6. The summed E-state index contributed by atoms with van der Waals surface area (Å²) < 4.78 is 10.5. The Morgan fingerprint density at radius 2 is 1.73 bits per heavy atom. The molecule has 1 heterocycles. The van der Waals surface area contributed by atoms with E-state index in [1.165, 1.54) is 44.6 Å². The van der Waals surface area contributed by atoms with E-state index < -0.39 is 40.4 Å². The van der Waals surface area contributed by atoms with E-state index in [1.54, 1.807) is 31.2 Å². The number of fused-ring (bicyclic) bond motifs is 3. The minimum atomic E-state index is -0.810. The molecule has 6 rings (SSSR count). The number of methoxy groups -OCH3 is 2. The number of phenols is 1. The van der Waals surface area contributed by atoms with E-state index >= 15 is 0 Å². The zero-order chi connectivity index (χ0) is 31.4.